The Morgan fingerprint density at radius 1 is 1.43 bits per heavy atom. The second kappa shape index (κ2) is 7.22. The SMILES string of the molecule is COC(=O)Cc1ccccc1C(=O)NC(C)C1CCCO1. The van der Waals surface area contributed by atoms with Crippen LogP contribution in [0, 0.1) is 0 Å². The van der Waals surface area contributed by atoms with Gasteiger partial charge >= 0.3 is 5.97 Å². The van der Waals surface area contributed by atoms with Crippen molar-refractivity contribution in [3.63, 3.8) is 0 Å². The van der Waals surface area contributed by atoms with Gasteiger partial charge in [0.2, 0.25) is 0 Å². The van der Waals surface area contributed by atoms with E-state index in [0.717, 1.165) is 19.4 Å². The number of carbonyl (C=O) groups is 2. The van der Waals surface area contributed by atoms with Crippen molar-refractivity contribution >= 4 is 11.9 Å². The smallest absolute Gasteiger partial charge is 0.310 e. The Labute approximate surface area is 124 Å². The number of benzene rings is 1. The number of hydrogen-bond acceptors (Lipinski definition) is 4. The van der Waals surface area contributed by atoms with E-state index in [-0.39, 0.29) is 30.4 Å². The van der Waals surface area contributed by atoms with Crippen LogP contribution in [0.2, 0.25) is 0 Å². The maximum atomic E-state index is 12.4. The summed E-state index contributed by atoms with van der Waals surface area (Å²) in [5, 5.41) is 2.95. The number of methoxy groups -OCH3 is 1. The molecule has 0 bridgehead atoms. The number of carbonyl (C=O) groups excluding carboxylic acids is 2. The summed E-state index contributed by atoms with van der Waals surface area (Å²) in [6, 6.07) is 7.02. The Kier molecular flexibility index (Phi) is 5.33. The number of nitrogens with one attached hydrogen (secondary N) is 1. The molecule has 1 fully saturated rings. The van der Waals surface area contributed by atoms with Gasteiger partial charge in [-0.15, -0.1) is 0 Å². The van der Waals surface area contributed by atoms with Crippen molar-refractivity contribution < 1.29 is 19.1 Å². The molecule has 1 heterocycles. The summed E-state index contributed by atoms with van der Waals surface area (Å²) in [4.78, 5) is 23.8. The van der Waals surface area contributed by atoms with Crippen molar-refractivity contribution in [1.29, 1.82) is 0 Å². The van der Waals surface area contributed by atoms with E-state index in [9.17, 15) is 9.59 Å². The fraction of sp³-hybridized carbons (Fsp3) is 0.500. The molecule has 1 saturated heterocycles. The Bertz CT molecular complexity index is 509. The van der Waals surface area contributed by atoms with Crippen molar-refractivity contribution in [3.05, 3.63) is 35.4 Å². The molecule has 1 amide bonds. The first-order valence-corrected chi connectivity index (χ1v) is 7.19. The Balaban J connectivity index is 2.06. The zero-order valence-corrected chi connectivity index (χ0v) is 12.4. The predicted octanol–water partition coefficient (Wildman–Crippen LogP) is 1.70. The molecular weight excluding hydrogens is 270 g/mol. The molecule has 2 rings (SSSR count). The molecule has 1 N–H and O–H groups in total. The molecule has 2 atom stereocenters. The lowest BCUT2D eigenvalue weighted by Crippen LogP contribution is -2.41. The second-order valence-corrected chi connectivity index (χ2v) is 5.22. The zero-order valence-electron chi connectivity index (χ0n) is 12.4. The molecule has 21 heavy (non-hydrogen) atoms. The largest absolute Gasteiger partial charge is 0.469 e. The zero-order chi connectivity index (χ0) is 15.2. The van der Waals surface area contributed by atoms with Crippen molar-refractivity contribution in [1.82, 2.24) is 5.32 Å². The second-order valence-electron chi connectivity index (χ2n) is 5.22. The van der Waals surface area contributed by atoms with Gasteiger partial charge < -0.3 is 14.8 Å². The fourth-order valence-corrected chi connectivity index (χ4v) is 2.50. The lowest BCUT2D eigenvalue weighted by atomic mass is 10.0. The minimum Gasteiger partial charge on any atom is -0.469 e. The van der Waals surface area contributed by atoms with E-state index < -0.39 is 0 Å². The van der Waals surface area contributed by atoms with Gasteiger partial charge in [0.15, 0.2) is 0 Å². The highest BCUT2D eigenvalue weighted by molar-refractivity contribution is 5.96. The van der Waals surface area contributed by atoms with Gasteiger partial charge in [0.05, 0.1) is 25.7 Å². The van der Waals surface area contributed by atoms with Gasteiger partial charge in [-0.2, -0.15) is 0 Å². The molecule has 0 spiro atoms. The van der Waals surface area contributed by atoms with Crippen LogP contribution in [0.15, 0.2) is 24.3 Å². The van der Waals surface area contributed by atoms with Crippen LogP contribution >= 0.6 is 0 Å². The normalized spacial score (nSPS) is 19.0. The van der Waals surface area contributed by atoms with Crippen LogP contribution in [0.4, 0.5) is 0 Å². The molecule has 0 aromatic heterocycles. The highest BCUT2D eigenvalue weighted by atomic mass is 16.5. The molecule has 1 aromatic carbocycles. The van der Waals surface area contributed by atoms with Crippen molar-refractivity contribution in [2.75, 3.05) is 13.7 Å². The number of amides is 1. The molecule has 114 valence electrons. The number of esters is 1. The number of rotatable bonds is 5. The lowest BCUT2D eigenvalue weighted by molar-refractivity contribution is -0.139. The molecule has 2 unspecified atom stereocenters. The van der Waals surface area contributed by atoms with E-state index >= 15 is 0 Å². The summed E-state index contributed by atoms with van der Waals surface area (Å²) < 4.78 is 10.2. The van der Waals surface area contributed by atoms with E-state index in [2.05, 4.69) is 10.1 Å². The molecular formula is C16H21NO4. The van der Waals surface area contributed by atoms with Gasteiger partial charge in [0, 0.05) is 12.2 Å². The highest BCUT2D eigenvalue weighted by Gasteiger charge is 2.24. The van der Waals surface area contributed by atoms with Gasteiger partial charge in [-0.1, -0.05) is 18.2 Å². The van der Waals surface area contributed by atoms with Crippen LogP contribution in [0.25, 0.3) is 0 Å². The van der Waals surface area contributed by atoms with Crippen LogP contribution in [-0.2, 0) is 20.7 Å². The van der Waals surface area contributed by atoms with Gasteiger partial charge in [-0.05, 0) is 31.4 Å². The monoisotopic (exact) mass is 291 g/mol. The average Bonchev–Trinajstić information content (AvgIpc) is 3.01. The van der Waals surface area contributed by atoms with Gasteiger partial charge in [-0.3, -0.25) is 9.59 Å². The summed E-state index contributed by atoms with van der Waals surface area (Å²) >= 11 is 0. The highest BCUT2D eigenvalue weighted by Crippen LogP contribution is 2.16. The Hall–Kier alpha value is -1.88. The first-order chi connectivity index (χ1) is 10.1. The first kappa shape index (κ1) is 15.5. The van der Waals surface area contributed by atoms with E-state index in [1.807, 2.05) is 6.92 Å². The molecule has 1 aliphatic rings. The lowest BCUT2D eigenvalue weighted by Gasteiger charge is -2.20. The summed E-state index contributed by atoms with van der Waals surface area (Å²) in [6.07, 6.45) is 2.16. The average molecular weight is 291 g/mol. The third-order valence-electron chi connectivity index (χ3n) is 3.71. The quantitative estimate of drug-likeness (QED) is 0.839. The topological polar surface area (TPSA) is 64.6 Å². The minimum absolute atomic E-state index is 0.0498. The van der Waals surface area contributed by atoms with Crippen LogP contribution in [-0.4, -0.2) is 37.7 Å². The van der Waals surface area contributed by atoms with Gasteiger partial charge in [0.25, 0.3) is 5.91 Å². The summed E-state index contributed by atoms with van der Waals surface area (Å²) in [7, 11) is 1.34. The van der Waals surface area contributed by atoms with E-state index in [1.54, 1.807) is 24.3 Å². The maximum Gasteiger partial charge on any atom is 0.310 e. The minimum atomic E-state index is -0.359. The van der Waals surface area contributed by atoms with Gasteiger partial charge in [0.1, 0.15) is 0 Å². The Morgan fingerprint density at radius 2 is 2.19 bits per heavy atom. The van der Waals surface area contributed by atoms with E-state index in [4.69, 9.17) is 4.74 Å². The standard InChI is InChI=1S/C16H21NO4/c1-11(14-8-5-9-21-14)17-16(19)13-7-4-3-6-12(13)10-15(18)20-2/h3-4,6-7,11,14H,5,8-10H2,1-2H3,(H,17,19). The summed E-state index contributed by atoms with van der Waals surface area (Å²) in [6.45, 7) is 2.70. The molecule has 5 nitrogen and oxygen atoms in total. The molecule has 0 aliphatic carbocycles. The molecule has 1 aliphatic heterocycles. The van der Waals surface area contributed by atoms with Gasteiger partial charge in [-0.25, -0.2) is 0 Å². The van der Waals surface area contributed by atoms with Crippen LogP contribution in [0.3, 0.4) is 0 Å². The van der Waals surface area contributed by atoms with Crippen molar-refractivity contribution in [3.8, 4) is 0 Å². The number of ether oxygens (including phenoxy) is 2. The van der Waals surface area contributed by atoms with Crippen LogP contribution < -0.4 is 5.32 Å². The molecule has 5 heteroatoms. The van der Waals surface area contributed by atoms with Crippen LogP contribution in [0.5, 0.6) is 0 Å². The van der Waals surface area contributed by atoms with E-state index in [0.29, 0.717) is 11.1 Å². The maximum absolute atomic E-state index is 12.4. The molecule has 0 radical (unpaired) electrons. The van der Waals surface area contributed by atoms with Crippen molar-refractivity contribution in [2.24, 2.45) is 0 Å². The van der Waals surface area contributed by atoms with Crippen LogP contribution in [0.1, 0.15) is 35.7 Å². The summed E-state index contributed by atoms with van der Waals surface area (Å²) in [5.74, 6) is -0.542. The first-order valence-electron chi connectivity index (χ1n) is 7.19. The Morgan fingerprint density at radius 3 is 2.86 bits per heavy atom. The third kappa shape index (κ3) is 4.04. The predicted molar refractivity (Wildman–Crippen MR) is 78.1 cm³/mol. The van der Waals surface area contributed by atoms with Crippen molar-refractivity contribution in [2.45, 2.75) is 38.3 Å². The summed E-state index contributed by atoms with van der Waals surface area (Å²) in [5.41, 5.74) is 1.18. The molecule has 1 aromatic rings. The molecule has 0 saturated carbocycles. The fourth-order valence-electron chi connectivity index (χ4n) is 2.50. The third-order valence-corrected chi connectivity index (χ3v) is 3.71. The number of hydrogen-bond donors (Lipinski definition) is 1. The van der Waals surface area contributed by atoms with E-state index in [1.165, 1.54) is 7.11 Å².